The first-order chi connectivity index (χ1) is 9.24. The summed E-state index contributed by atoms with van der Waals surface area (Å²) in [6, 6.07) is 10.3. The van der Waals surface area contributed by atoms with Gasteiger partial charge in [0.2, 0.25) is 10.1 Å². The third-order valence-corrected chi connectivity index (χ3v) is 4.11. The lowest BCUT2D eigenvalue weighted by Crippen LogP contribution is -2.28. The third kappa shape index (κ3) is 2.44. The summed E-state index contributed by atoms with van der Waals surface area (Å²) in [5, 5.41) is 8.21. The molecule has 1 atom stereocenters. The van der Waals surface area contributed by atoms with Crippen molar-refractivity contribution >= 4 is 22.4 Å². The molecule has 5 nitrogen and oxygen atoms in total. The molecule has 6 heteroatoms. The van der Waals surface area contributed by atoms with Gasteiger partial charge in [-0.3, -0.25) is 4.79 Å². The molecule has 1 aromatic carbocycles. The Balaban J connectivity index is 1.71. The van der Waals surface area contributed by atoms with Gasteiger partial charge in [-0.15, -0.1) is 10.2 Å². The van der Waals surface area contributed by atoms with Crippen LogP contribution in [0.5, 0.6) is 0 Å². The summed E-state index contributed by atoms with van der Waals surface area (Å²) in [6.45, 7) is 1.50. The lowest BCUT2D eigenvalue weighted by Gasteiger charge is -2.14. The molecule has 2 heterocycles. The Kier molecular flexibility index (Phi) is 3.16. The van der Waals surface area contributed by atoms with Crippen molar-refractivity contribution in [1.29, 1.82) is 0 Å². The Morgan fingerprint density at radius 1 is 1.32 bits per heavy atom. The fraction of sp³-hybridized carbons (Fsp3) is 0.308. The Morgan fingerprint density at radius 3 is 2.79 bits per heavy atom. The minimum atomic E-state index is -0.0624. The number of nitrogens with two attached hydrogens (primary N) is 1. The minimum Gasteiger partial charge on any atom is -0.374 e. The van der Waals surface area contributed by atoms with Gasteiger partial charge in [-0.05, 0) is 12.0 Å². The average molecular weight is 274 g/mol. The summed E-state index contributed by atoms with van der Waals surface area (Å²) in [5.41, 5.74) is 6.79. The molecule has 1 unspecified atom stereocenters. The van der Waals surface area contributed by atoms with Crippen LogP contribution in [0.2, 0.25) is 0 Å². The van der Waals surface area contributed by atoms with Crippen LogP contribution in [0.15, 0.2) is 30.3 Å². The van der Waals surface area contributed by atoms with Crippen LogP contribution in [-0.2, 0) is 0 Å². The molecule has 3 rings (SSSR count). The number of benzene rings is 1. The van der Waals surface area contributed by atoms with E-state index in [0.717, 1.165) is 30.8 Å². The molecule has 1 aliphatic rings. The zero-order chi connectivity index (χ0) is 13.2. The number of likely N-dealkylation sites (tertiary alicyclic amines) is 1. The molecule has 2 N–H and O–H groups in total. The van der Waals surface area contributed by atoms with E-state index in [1.807, 2.05) is 23.1 Å². The van der Waals surface area contributed by atoms with Crippen molar-refractivity contribution in [2.75, 3.05) is 18.8 Å². The van der Waals surface area contributed by atoms with Crippen molar-refractivity contribution in [2.45, 2.75) is 12.3 Å². The minimum absolute atomic E-state index is 0.0624. The van der Waals surface area contributed by atoms with E-state index in [1.54, 1.807) is 0 Å². The van der Waals surface area contributed by atoms with Crippen LogP contribution in [0, 0.1) is 0 Å². The fourth-order valence-electron chi connectivity index (χ4n) is 2.40. The molecule has 1 fully saturated rings. The van der Waals surface area contributed by atoms with Gasteiger partial charge in [0.1, 0.15) is 0 Å². The Bertz CT molecular complexity index is 583. The number of nitrogens with zero attached hydrogens (tertiary/aromatic N) is 3. The maximum atomic E-state index is 12.2. The Morgan fingerprint density at radius 2 is 2.11 bits per heavy atom. The molecule has 0 spiro atoms. The van der Waals surface area contributed by atoms with Gasteiger partial charge in [0.15, 0.2) is 0 Å². The standard InChI is InChI=1S/C13H14N4OS/c14-13-16-15-11(19-13)12(18)17-7-6-10(8-17)9-4-2-1-3-5-9/h1-5,10H,6-8H2,(H2,14,16). The summed E-state index contributed by atoms with van der Waals surface area (Å²) < 4.78 is 0. The molecule has 2 aromatic rings. The zero-order valence-corrected chi connectivity index (χ0v) is 11.1. The quantitative estimate of drug-likeness (QED) is 0.905. The van der Waals surface area contributed by atoms with Gasteiger partial charge in [-0.1, -0.05) is 41.7 Å². The molecule has 1 amide bonds. The molecule has 1 saturated heterocycles. The first kappa shape index (κ1) is 12.1. The molecule has 1 aromatic heterocycles. The SMILES string of the molecule is Nc1nnc(C(=O)N2CCC(c3ccccc3)C2)s1. The Labute approximate surface area is 115 Å². The molecule has 1 aliphatic heterocycles. The molecular weight excluding hydrogens is 260 g/mol. The normalized spacial score (nSPS) is 18.7. The molecule has 19 heavy (non-hydrogen) atoms. The number of aromatic nitrogens is 2. The average Bonchev–Trinajstić information content (AvgIpc) is 3.08. The molecule has 0 saturated carbocycles. The summed E-state index contributed by atoms with van der Waals surface area (Å²) in [7, 11) is 0. The summed E-state index contributed by atoms with van der Waals surface area (Å²) in [6.07, 6.45) is 0.990. The van der Waals surface area contributed by atoms with Crippen LogP contribution in [0.1, 0.15) is 27.7 Å². The second kappa shape index (κ2) is 4.97. The summed E-state index contributed by atoms with van der Waals surface area (Å²) in [4.78, 5) is 14.0. The van der Waals surface area contributed by atoms with Gasteiger partial charge < -0.3 is 10.6 Å². The van der Waals surface area contributed by atoms with Crippen molar-refractivity contribution in [3.05, 3.63) is 40.9 Å². The Hall–Kier alpha value is -1.95. The van der Waals surface area contributed by atoms with Gasteiger partial charge in [0.25, 0.3) is 5.91 Å². The van der Waals surface area contributed by atoms with Crippen LogP contribution >= 0.6 is 11.3 Å². The van der Waals surface area contributed by atoms with Crippen molar-refractivity contribution in [3.63, 3.8) is 0 Å². The first-order valence-electron chi connectivity index (χ1n) is 6.17. The van der Waals surface area contributed by atoms with Crippen LogP contribution in [0.3, 0.4) is 0 Å². The molecular formula is C13H14N4OS. The number of amides is 1. The predicted molar refractivity (Wildman–Crippen MR) is 74.0 cm³/mol. The zero-order valence-electron chi connectivity index (χ0n) is 10.3. The number of hydrogen-bond donors (Lipinski definition) is 1. The summed E-state index contributed by atoms with van der Waals surface area (Å²) >= 11 is 1.14. The number of carbonyl (C=O) groups excluding carboxylic acids is 1. The van der Waals surface area contributed by atoms with E-state index in [9.17, 15) is 4.79 Å². The van der Waals surface area contributed by atoms with E-state index >= 15 is 0 Å². The van der Waals surface area contributed by atoms with E-state index in [2.05, 4.69) is 22.3 Å². The second-order valence-electron chi connectivity index (χ2n) is 4.59. The highest BCUT2D eigenvalue weighted by Crippen LogP contribution is 2.28. The monoisotopic (exact) mass is 274 g/mol. The lowest BCUT2D eigenvalue weighted by atomic mass is 9.99. The number of hydrogen-bond acceptors (Lipinski definition) is 5. The maximum Gasteiger partial charge on any atom is 0.284 e. The largest absolute Gasteiger partial charge is 0.374 e. The van der Waals surface area contributed by atoms with Gasteiger partial charge in [0.05, 0.1) is 0 Å². The van der Waals surface area contributed by atoms with Crippen molar-refractivity contribution in [3.8, 4) is 0 Å². The second-order valence-corrected chi connectivity index (χ2v) is 5.60. The highest BCUT2D eigenvalue weighted by molar-refractivity contribution is 7.16. The van der Waals surface area contributed by atoms with Crippen LogP contribution in [0.25, 0.3) is 0 Å². The summed E-state index contributed by atoms with van der Waals surface area (Å²) in [5.74, 6) is 0.350. The van der Waals surface area contributed by atoms with Crippen LogP contribution < -0.4 is 5.73 Å². The third-order valence-electron chi connectivity index (χ3n) is 3.37. The smallest absolute Gasteiger partial charge is 0.284 e. The van der Waals surface area contributed by atoms with Gasteiger partial charge in [-0.25, -0.2) is 0 Å². The van der Waals surface area contributed by atoms with Crippen LogP contribution in [-0.4, -0.2) is 34.1 Å². The number of carbonyl (C=O) groups is 1. The van der Waals surface area contributed by atoms with E-state index in [-0.39, 0.29) is 5.91 Å². The number of rotatable bonds is 2. The molecule has 0 aliphatic carbocycles. The van der Waals surface area contributed by atoms with Crippen molar-refractivity contribution in [2.24, 2.45) is 0 Å². The molecule has 0 radical (unpaired) electrons. The van der Waals surface area contributed by atoms with Crippen molar-refractivity contribution in [1.82, 2.24) is 15.1 Å². The predicted octanol–water partition coefficient (Wildman–Crippen LogP) is 1.75. The highest BCUT2D eigenvalue weighted by atomic mass is 32.1. The highest BCUT2D eigenvalue weighted by Gasteiger charge is 2.29. The van der Waals surface area contributed by atoms with Gasteiger partial charge in [0, 0.05) is 19.0 Å². The molecule has 98 valence electrons. The van der Waals surface area contributed by atoms with Gasteiger partial charge in [-0.2, -0.15) is 0 Å². The van der Waals surface area contributed by atoms with E-state index in [0.29, 0.717) is 16.1 Å². The number of anilines is 1. The topological polar surface area (TPSA) is 72.1 Å². The van der Waals surface area contributed by atoms with Gasteiger partial charge >= 0.3 is 0 Å². The van der Waals surface area contributed by atoms with E-state index < -0.39 is 0 Å². The van der Waals surface area contributed by atoms with E-state index in [4.69, 9.17) is 5.73 Å². The van der Waals surface area contributed by atoms with Crippen molar-refractivity contribution < 1.29 is 4.79 Å². The van der Waals surface area contributed by atoms with E-state index in [1.165, 1.54) is 5.56 Å². The first-order valence-corrected chi connectivity index (χ1v) is 6.99. The molecule has 0 bridgehead atoms. The number of nitrogen functional groups attached to an aromatic ring is 1. The lowest BCUT2D eigenvalue weighted by molar-refractivity contribution is 0.0789. The maximum absolute atomic E-state index is 12.2. The fourth-order valence-corrected chi connectivity index (χ4v) is 2.98. The van der Waals surface area contributed by atoms with Crippen LogP contribution in [0.4, 0.5) is 5.13 Å².